The molecule has 25 heavy (non-hydrogen) atoms. The third-order valence-corrected chi connectivity index (χ3v) is 3.71. The molecular weight excluding hydrogens is 316 g/mol. The number of rotatable bonds is 6. The molecule has 0 amide bonds. The van der Waals surface area contributed by atoms with Gasteiger partial charge in [-0.05, 0) is 12.1 Å². The molecule has 0 aliphatic rings. The molecule has 0 fully saturated rings. The van der Waals surface area contributed by atoms with Crippen LogP contribution in [0.3, 0.4) is 0 Å². The van der Waals surface area contributed by atoms with Gasteiger partial charge in [0.15, 0.2) is 5.78 Å². The summed E-state index contributed by atoms with van der Waals surface area (Å²) in [5.41, 5.74) is 1.55. The molecule has 0 radical (unpaired) electrons. The zero-order valence-corrected chi connectivity index (χ0v) is 13.3. The smallest absolute Gasteiger partial charge is 0.349 e. The lowest BCUT2D eigenvalue weighted by Gasteiger charge is -2.16. The molecule has 0 aliphatic carbocycles. The number of carboxylic acids is 1. The highest BCUT2D eigenvalue weighted by Crippen LogP contribution is 2.24. The molecule has 4 nitrogen and oxygen atoms in total. The van der Waals surface area contributed by atoms with Gasteiger partial charge in [0.1, 0.15) is 5.75 Å². The molecule has 3 aromatic rings. The van der Waals surface area contributed by atoms with Crippen molar-refractivity contribution < 1.29 is 19.4 Å². The fraction of sp³-hybridized carbons (Fsp3) is 0.0476. The van der Waals surface area contributed by atoms with Crippen molar-refractivity contribution in [2.75, 3.05) is 0 Å². The SMILES string of the molecule is O=C(c1ccccc1)c1cccc(OC(C(=O)O)c2ccccc2)c1. The van der Waals surface area contributed by atoms with Crippen LogP contribution >= 0.6 is 0 Å². The van der Waals surface area contributed by atoms with Crippen LogP contribution in [0.2, 0.25) is 0 Å². The summed E-state index contributed by atoms with van der Waals surface area (Å²) in [6.07, 6.45) is -1.14. The predicted octanol–water partition coefficient (Wildman–Crippen LogP) is 4.12. The minimum absolute atomic E-state index is 0.141. The van der Waals surface area contributed by atoms with E-state index in [1.807, 2.05) is 12.1 Å². The second-order valence-electron chi connectivity index (χ2n) is 5.47. The number of carbonyl (C=O) groups excluding carboxylic acids is 1. The summed E-state index contributed by atoms with van der Waals surface area (Å²) in [7, 11) is 0. The summed E-state index contributed by atoms with van der Waals surface area (Å²) in [5, 5.41) is 9.45. The molecule has 0 heterocycles. The number of carbonyl (C=O) groups is 2. The number of ether oxygens (including phenoxy) is 1. The van der Waals surface area contributed by atoms with Gasteiger partial charge in [-0.1, -0.05) is 72.8 Å². The zero-order chi connectivity index (χ0) is 17.6. The molecule has 1 atom stereocenters. The maximum absolute atomic E-state index is 12.5. The Balaban J connectivity index is 1.86. The maximum Gasteiger partial charge on any atom is 0.349 e. The van der Waals surface area contributed by atoms with E-state index in [0.717, 1.165) is 0 Å². The molecule has 3 rings (SSSR count). The summed E-state index contributed by atoms with van der Waals surface area (Å²) in [6, 6.07) is 24.2. The summed E-state index contributed by atoms with van der Waals surface area (Å²) in [6.45, 7) is 0. The van der Waals surface area contributed by atoms with E-state index in [9.17, 15) is 14.7 Å². The number of aliphatic carboxylic acids is 1. The van der Waals surface area contributed by atoms with E-state index >= 15 is 0 Å². The molecule has 1 unspecified atom stereocenters. The van der Waals surface area contributed by atoms with E-state index in [-0.39, 0.29) is 5.78 Å². The van der Waals surface area contributed by atoms with E-state index in [2.05, 4.69) is 0 Å². The van der Waals surface area contributed by atoms with Gasteiger partial charge >= 0.3 is 5.97 Å². The van der Waals surface area contributed by atoms with Crippen LogP contribution < -0.4 is 4.74 Å². The molecular formula is C21H16O4. The first-order chi connectivity index (χ1) is 12.1. The molecule has 0 spiro atoms. The lowest BCUT2D eigenvalue weighted by Crippen LogP contribution is -2.18. The van der Waals surface area contributed by atoms with Gasteiger partial charge in [0.05, 0.1) is 0 Å². The average Bonchev–Trinajstić information content (AvgIpc) is 2.67. The normalized spacial score (nSPS) is 11.5. The van der Waals surface area contributed by atoms with Crippen molar-refractivity contribution in [2.45, 2.75) is 6.10 Å². The van der Waals surface area contributed by atoms with Crippen LogP contribution in [0.1, 0.15) is 27.6 Å². The third-order valence-electron chi connectivity index (χ3n) is 3.71. The summed E-state index contributed by atoms with van der Waals surface area (Å²) in [4.78, 5) is 24.1. The molecule has 124 valence electrons. The highest BCUT2D eigenvalue weighted by Gasteiger charge is 2.22. The van der Waals surface area contributed by atoms with Crippen LogP contribution in [0.5, 0.6) is 5.75 Å². The van der Waals surface area contributed by atoms with E-state index in [1.54, 1.807) is 72.8 Å². The average molecular weight is 332 g/mol. The van der Waals surface area contributed by atoms with Gasteiger partial charge in [-0.3, -0.25) is 4.79 Å². The molecule has 3 aromatic carbocycles. The molecule has 1 N–H and O–H groups in total. The minimum atomic E-state index is -1.14. The summed E-state index contributed by atoms with van der Waals surface area (Å²) in [5.74, 6) is -0.901. The van der Waals surface area contributed by atoms with Gasteiger partial charge in [-0.15, -0.1) is 0 Å². The number of hydrogen-bond acceptors (Lipinski definition) is 3. The lowest BCUT2D eigenvalue weighted by atomic mass is 10.0. The van der Waals surface area contributed by atoms with Crippen molar-refractivity contribution in [2.24, 2.45) is 0 Å². The fourth-order valence-electron chi connectivity index (χ4n) is 2.49. The number of carboxylic acid groups (broad SMARTS) is 1. The van der Waals surface area contributed by atoms with Crippen LogP contribution in [0.15, 0.2) is 84.9 Å². The highest BCUT2D eigenvalue weighted by molar-refractivity contribution is 6.09. The van der Waals surface area contributed by atoms with Crippen LogP contribution in [0, 0.1) is 0 Å². The standard InChI is InChI=1S/C21H16O4/c22-19(15-8-3-1-4-9-15)17-12-7-13-18(14-17)25-20(21(23)24)16-10-5-2-6-11-16/h1-14,20H,(H,23,24). The van der Waals surface area contributed by atoms with Crippen LogP contribution in [0.4, 0.5) is 0 Å². The molecule has 4 heteroatoms. The lowest BCUT2D eigenvalue weighted by molar-refractivity contribution is -0.145. The molecule has 0 aromatic heterocycles. The maximum atomic E-state index is 12.5. The van der Waals surface area contributed by atoms with Gasteiger partial charge in [-0.25, -0.2) is 4.79 Å². The van der Waals surface area contributed by atoms with Gasteiger partial charge in [0, 0.05) is 16.7 Å². The van der Waals surface area contributed by atoms with Crippen molar-refractivity contribution >= 4 is 11.8 Å². The Hall–Kier alpha value is -3.40. The Kier molecular flexibility index (Phi) is 4.90. The van der Waals surface area contributed by atoms with Crippen molar-refractivity contribution in [1.29, 1.82) is 0 Å². The van der Waals surface area contributed by atoms with Gasteiger partial charge in [0.25, 0.3) is 0 Å². The Morgan fingerprint density at radius 1 is 0.760 bits per heavy atom. The third kappa shape index (κ3) is 3.93. The van der Waals surface area contributed by atoms with E-state index in [1.165, 1.54) is 0 Å². The van der Waals surface area contributed by atoms with Gasteiger partial charge in [0.2, 0.25) is 6.10 Å². The molecule has 0 saturated heterocycles. The number of hydrogen-bond donors (Lipinski definition) is 1. The van der Waals surface area contributed by atoms with Crippen molar-refractivity contribution in [3.63, 3.8) is 0 Å². The number of ketones is 1. The monoisotopic (exact) mass is 332 g/mol. The van der Waals surface area contributed by atoms with Crippen molar-refractivity contribution in [3.8, 4) is 5.75 Å². The topological polar surface area (TPSA) is 63.6 Å². The summed E-state index contributed by atoms with van der Waals surface area (Å²) >= 11 is 0. The predicted molar refractivity (Wildman–Crippen MR) is 93.8 cm³/mol. The van der Waals surface area contributed by atoms with E-state index in [4.69, 9.17) is 4.74 Å². The zero-order valence-electron chi connectivity index (χ0n) is 13.3. The first kappa shape index (κ1) is 16.5. The highest BCUT2D eigenvalue weighted by atomic mass is 16.5. The second kappa shape index (κ2) is 7.45. The quantitative estimate of drug-likeness (QED) is 0.690. The molecule has 0 aliphatic heterocycles. The molecule has 0 saturated carbocycles. The van der Waals surface area contributed by atoms with Crippen LogP contribution in [-0.2, 0) is 4.79 Å². The Labute approximate surface area is 145 Å². The van der Waals surface area contributed by atoms with Gasteiger partial charge < -0.3 is 9.84 Å². The van der Waals surface area contributed by atoms with Crippen molar-refractivity contribution in [3.05, 3.63) is 102 Å². The Morgan fingerprint density at radius 3 is 2.00 bits per heavy atom. The Bertz CT molecular complexity index is 873. The second-order valence-corrected chi connectivity index (χ2v) is 5.47. The first-order valence-corrected chi connectivity index (χ1v) is 7.79. The van der Waals surface area contributed by atoms with E-state index < -0.39 is 12.1 Å². The first-order valence-electron chi connectivity index (χ1n) is 7.79. The summed E-state index contributed by atoms with van der Waals surface area (Å²) < 4.78 is 5.64. The molecule has 0 bridgehead atoms. The van der Waals surface area contributed by atoms with Crippen LogP contribution in [0.25, 0.3) is 0 Å². The van der Waals surface area contributed by atoms with Gasteiger partial charge in [-0.2, -0.15) is 0 Å². The van der Waals surface area contributed by atoms with Crippen LogP contribution in [-0.4, -0.2) is 16.9 Å². The number of benzene rings is 3. The largest absolute Gasteiger partial charge is 0.478 e. The van der Waals surface area contributed by atoms with E-state index in [0.29, 0.717) is 22.4 Å². The minimum Gasteiger partial charge on any atom is -0.478 e. The Morgan fingerprint density at radius 2 is 1.36 bits per heavy atom. The fourth-order valence-corrected chi connectivity index (χ4v) is 2.49. The van der Waals surface area contributed by atoms with Crippen molar-refractivity contribution in [1.82, 2.24) is 0 Å².